The lowest BCUT2D eigenvalue weighted by Gasteiger charge is -2.39. The highest BCUT2D eigenvalue weighted by molar-refractivity contribution is 5.68. The Labute approximate surface area is 137 Å². The molecule has 0 spiro atoms. The molecule has 2 atom stereocenters. The molecule has 23 heavy (non-hydrogen) atoms. The molecule has 0 aromatic heterocycles. The second kappa shape index (κ2) is 7.94. The van der Waals surface area contributed by atoms with Gasteiger partial charge < -0.3 is 9.64 Å². The maximum Gasteiger partial charge on any atom is 0.410 e. The number of carbonyl (C=O) groups is 1. The summed E-state index contributed by atoms with van der Waals surface area (Å²) < 4.78 is 4.85. The van der Waals surface area contributed by atoms with Crippen molar-refractivity contribution in [3.05, 3.63) is 46.0 Å². The average Bonchev–Trinajstić information content (AvgIpc) is 2.46. The second-order valence-corrected chi connectivity index (χ2v) is 6.65. The van der Waals surface area contributed by atoms with Crippen LogP contribution in [-0.2, 0) is 4.74 Å². The number of hydrogen-bond donors (Lipinski definition) is 0. The first-order valence-electron chi connectivity index (χ1n) is 7.74. The quantitative estimate of drug-likeness (QED) is 0.585. The van der Waals surface area contributed by atoms with Crippen LogP contribution in [0.5, 0.6) is 0 Å². The molecule has 0 aliphatic heterocycles. The highest BCUT2D eigenvalue weighted by Gasteiger charge is 2.33. The summed E-state index contributed by atoms with van der Waals surface area (Å²) in [5.41, 5.74) is 0.272. The van der Waals surface area contributed by atoms with Gasteiger partial charge in [-0.3, -0.25) is 10.1 Å². The summed E-state index contributed by atoms with van der Waals surface area (Å²) in [5.74, 6) is 0. The monoisotopic (exact) mass is 322 g/mol. The van der Waals surface area contributed by atoms with E-state index in [-0.39, 0.29) is 11.0 Å². The summed E-state index contributed by atoms with van der Waals surface area (Å²) in [5, 5.41) is 11.4. The summed E-state index contributed by atoms with van der Waals surface area (Å²) >= 11 is 0. The Kier molecular flexibility index (Phi) is 6.54. The van der Waals surface area contributed by atoms with Gasteiger partial charge in [0.2, 0.25) is 6.04 Å². The molecule has 1 rings (SSSR count). The van der Waals surface area contributed by atoms with Crippen molar-refractivity contribution in [1.82, 2.24) is 4.90 Å². The first kappa shape index (κ1) is 18.9. The molecular weight excluding hydrogens is 296 g/mol. The van der Waals surface area contributed by atoms with Crippen molar-refractivity contribution in [2.45, 2.75) is 58.2 Å². The maximum absolute atomic E-state index is 12.0. The minimum Gasteiger partial charge on any atom is -0.453 e. The highest BCUT2D eigenvalue weighted by atomic mass is 16.6. The molecule has 0 heterocycles. The van der Waals surface area contributed by atoms with Crippen LogP contribution in [0, 0.1) is 10.1 Å². The van der Waals surface area contributed by atoms with Crippen molar-refractivity contribution in [3.63, 3.8) is 0 Å². The fraction of sp³-hybridized carbons (Fsp3) is 0.588. The van der Waals surface area contributed by atoms with E-state index in [0.717, 1.165) is 0 Å². The zero-order valence-electron chi connectivity index (χ0n) is 14.5. The number of nitro groups is 1. The Morgan fingerprint density at radius 3 is 2.26 bits per heavy atom. The number of amides is 1. The van der Waals surface area contributed by atoms with Gasteiger partial charge in [-0.25, -0.2) is 4.79 Å². The van der Waals surface area contributed by atoms with Gasteiger partial charge in [0.15, 0.2) is 0 Å². The van der Waals surface area contributed by atoms with Gasteiger partial charge >= 0.3 is 6.09 Å². The van der Waals surface area contributed by atoms with Crippen molar-refractivity contribution in [3.8, 4) is 0 Å². The predicted molar refractivity (Wildman–Crippen MR) is 88.9 cm³/mol. The molecule has 1 amide bonds. The van der Waals surface area contributed by atoms with Gasteiger partial charge in [0, 0.05) is 28.5 Å². The van der Waals surface area contributed by atoms with E-state index in [1.807, 2.05) is 33.8 Å². The highest BCUT2D eigenvalue weighted by Crippen LogP contribution is 2.26. The SMILES string of the molecule is COC(=O)N(C(C)CCC(c1ccccc1)[N+](=O)[O-])C(C)(C)C. The topological polar surface area (TPSA) is 72.7 Å². The number of rotatable bonds is 6. The summed E-state index contributed by atoms with van der Waals surface area (Å²) in [6.07, 6.45) is 0.469. The first-order chi connectivity index (χ1) is 10.7. The van der Waals surface area contributed by atoms with E-state index < -0.39 is 17.7 Å². The number of benzene rings is 1. The van der Waals surface area contributed by atoms with E-state index >= 15 is 0 Å². The third kappa shape index (κ3) is 5.23. The molecule has 2 unspecified atom stereocenters. The number of hydrogen-bond acceptors (Lipinski definition) is 4. The van der Waals surface area contributed by atoms with Crippen molar-refractivity contribution in [2.24, 2.45) is 0 Å². The normalized spacial score (nSPS) is 14.0. The molecule has 1 aromatic rings. The van der Waals surface area contributed by atoms with Crippen LogP contribution >= 0.6 is 0 Å². The number of carbonyl (C=O) groups excluding carboxylic acids is 1. The Hall–Kier alpha value is -2.11. The molecular formula is C17H26N2O4. The van der Waals surface area contributed by atoms with Crippen LogP contribution in [0.25, 0.3) is 0 Å². The van der Waals surface area contributed by atoms with Crippen LogP contribution < -0.4 is 0 Å². The summed E-state index contributed by atoms with van der Waals surface area (Å²) in [4.78, 5) is 24.8. The van der Waals surface area contributed by atoms with Crippen LogP contribution in [0.1, 0.15) is 52.1 Å². The van der Waals surface area contributed by atoms with E-state index in [0.29, 0.717) is 18.4 Å². The van der Waals surface area contributed by atoms with Crippen molar-refractivity contribution < 1.29 is 14.5 Å². The molecule has 1 aromatic carbocycles. The van der Waals surface area contributed by atoms with E-state index in [2.05, 4.69) is 0 Å². The third-order valence-electron chi connectivity index (χ3n) is 3.83. The molecule has 0 aliphatic rings. The lowest BCUT2D eigenvalue weighted by atomic mass is 9.97. The van der Waals surface area contributed by atoms with Crippen LogP contribution in [0.15, 0.2) is 30.3 Å². The number of ether oxygens (including phenoxy) is 1. The molecule has 0 saturated heterocycles. The first-order valence-corrected chi connectivity index (χ1v) is 7.74. The molecule has 0 N–H and O–H groups in total. The molecule has 6 nitrogen and oxygen atoms in total. The van der Waals surface area contributed by atoms with Gasteiger partial charge in [0.05, 0.1) is 7.11 Å². The van der Waals surface area contributed by atoms with E-state index in [9.17, 15) is 14.9 Å². The third-order valence-corrected chi connectivity index (χ3v) is 3.83. The van der Waals surface area contributed by atoms with Gasteiger partial charge in [0.25, 0.3) is 0 Å². The average molecular weight is 322 g/mol. The van der Waals surface area contributed by atoms with Crippen LogP contribution in [-0.4, -0.2) is 34.6 Å². The molecule has 0 radical (unpaired) electrons. The predicted octanol–water partition coefficient (Wildman–Crippen LogP) is 4.04. The van der Waals surface area contributed by atoms with E-state index in [1.165, 1.54) is 7.11 Å². The van der Waals surface area contributed by atoms with E-state index in [1.54, 1.807) is 29.2 Å². The number of nitrogens with zero attached hydrogens (tertiary/aromatic N) is 2. The Balaban J connectivity index is 2.84. The zero-order valence-corrected chi connectivity index (χ0v) is 14.5. The maximum atomic E-state index is 12.0. The van der Waals surface area contributed by atoms with Crippen LogP contribution in [0.2, 0.25) is 0 Å². The molecule has 0 fully saturated rings. The van der Waals surface area contributed by atoms with Crippen LogP contribution in [0.4, 0.5) is 4.79 Å². The Morgan fingerprint density at radius 2 is 1.83 bits per heavy atom. The lowest BCUT2D eigenvalue weighted by molar-refractivity contribution is -0.530. The summed E-state index contributed by atoms with van der Waals surface area (Å²) in [6, 6.07) is 8.03. The summed E-state index contributed by atoms with van der Waals surface area (Å²) in [7, 11) is 1.34. The molecule has 128 valence electrons. The lowest BCUT2D eigenvalue weighted by Crippen LogP contribution is -2.50. The van der Waals surface area contributed by atoms with Crippen molar-refractivity contribution in [1.29, 1.82) is 0 Å². The second-order valence-electron chi connectivity index (χ2n) is 6.65. The van der Waals surface area contributed by atoms with Gasteiger partial charge in [0.1, 0.15) is 0 Å². The molecule has 0 bridgehead atoms. The molecule has 6 heteroatoms. The smallest absolute Gasteiger partial charge is 0.410 e. The van der Waals surface area contributed by atoms with Crippen molar-refractivity contribution in [2.75, 3.05) is 7.11 Å². The fourth-order valence-electron chi connectivity index (χ4n) is 2.81. The van der Waals surface area contributed by atoms with Gasteiger partial charge in [-0.15, -0.1) is 0 Å². The Bertz CT molecular complexity index is 525. The zero-order chi connectivity index (χ0) is 17.6. The van der Waals surface area contributed by atoms with Gasteiger partial charge in [-0.2, -0.15) is 0 Å². The standard InChI is InChI=1S/C17H26N2O4/c1-13(18(16(20)23-5)17(2,3)4)11-12-15(19(21)22)14-9-7-6-8-10-14/h6-10,13,15H,11-12H2,1-5H3. The minimum atomic E-state index is -0.766. The fourth-order valence-corrected chi connectivity index (χ4v) is 2.81. The van der Waals surface area contributed by atoms with Crippen molar-refractivity contribution >= 4 is 6.09 Å². The molecule has 0 saturated carbocycles. The largest absolute Gasteiger partial charge is 0.453 e. The Morgan fingerprint density at radius 1 is 1.26 bits per heavy atom. The summed E-state index contributed by atoms with van der Waals surface area (Å²) in [6.45, 7) is 7.65. The van der Waals surface area contributed by atoms with E-state index in [4.69, 9.17) is 4.74 Å². The van der Waals surface area contributed by atoms with Gasteiger partial charge in [-0.05, 0) is 34.1 Å². The van der Waals surface area contributed by atoms with Gasteiger partial charge in [-0.1, -0.05) is 30.3 Å². The number of methoxy groups -OCH3 is 1. The van der Waals surface area contributed by atoms with Crippen LogP contribution in [0.3, 0.4) is 0 Å². The minimum absolute atomic E-state index is 0.159. The molecule has 0 aliphatic carbocycles.